The van der Waals surface area contributed by atoms with Crippen molar-refractivity contribution < 1.29 is 14.4 Å². The van der Waals surface area contributed by atoms with Crippen LogP contribution in [0.25, 0.3) is 0 Å². The van der Waals surface area contributed by atoms with Crippen molar-refractivity contribution in [1.29, 1.82) is 0 Å². The van der Waals surface area contributed by atoms with E-state index in [1.165, 1.54) is 0 Å². The van der Waals surface area contributed by atoms with E-state index in [-0.39, 0.29) is 36.0 Å². The zero-order valence-electron chi connectivity index (χ0n) is 13.3. The summed E-state index contributed by atoms with van der Waals surface area (Å²) in [4.78, 5) is 39.6. The van der Waals surface area contributed by atoms with E-state index in [0.717, 1.165) is 10.2 Å². The van der Waals surface area contributed by atoms with Crippen LogP contribution in [0, 0.1) is 11.8 Å². The number of hydrogen-bond acceptors (Lipinski definition) is 3. The van der Waals surface area contributed by atoms with E-state index in [9.17, 15) is 14.4 Å². The molecule has 0 spiro atoms. The first-order valence-electron chi connectivity index (χ1n) is 8.09. The first kappa shape index (κ1) is 17.0. The highest BCUT2D eigenvalue weighted by Gasteiger charge is 2.38. The highest BCUT2D eigenvalue weighted by atomic mass is 79.9. The molecule has 2 N–H and O–H groups in total. The fourth-order valence-corrected chi connectivity index (χ4v) is 3.65. The number of primary amides is 1. The van der Waals surface area contributed by atoms with E-state index in [0.29, 0.717) is 32.5 Å². The summed E-state index contributed by atoms with van der Waals surface area (Å²) in [6.45, 7) is 1.49. The molecule has 2 heterocycles. The molecule has 3 amide bonds. The Balaban J connectivity index is 1.62. The fraction of sp³-hybridized carbons (Fsp3) is 0.471. The van der Waals surface area contributed by atoms with Gasteiger partial charge in [-0.3, -0.25) is 14.4 Å². The Hall–Kier alpha value is -1.89. The lowest BCUT2D eigenvalue weighted by atomic mass is 9.95. The zero-order valence-corrected chi connectivity index (χ0v) is 14.9. The van der Waals surface area contributed by atoms with Crippen molar-refractivity contribution in [2.75, 3.05) is 24.5 Å². The number of piperidine rings is 1. The minimum Gasteiger partial charge on any atom is -0.369 e. The third kappa shape index (κ3) is 3.45. The van der Waals surface area contributed by atoms with Gasteiger partial charge in [-0.1, -0.05) is 15.9 Å². The molecule has 2 aliphatic rings. The lowest BCUT2D eigenvalue weighted by Gasteiger charge is -2.32. The predicted molar refractivity (Wildman–Crippen MR) is 93.1 cm³/mol. The molecule has 0 radical (unpaired) electrons. The monoisotopic (exact) mass is 393 g/mol. The Labute approximate surface area is 149 Å². The van der Waals surface area contributed by atoms with Gasteiger partial charge in [-0.15, -0.1) is 0 Å². The Morgan fingerprint density at radius 1 is 1.08 bits per heavy atom. The van der Waals surface area contributed by atoms with Gasteiger partial charge in [0.25, 0.3) is 0 Å². The molecule has 1 aromatic rings. The third-order valence-corrected chi connectivity index (χ3v) is 5.35. The molecule has 0 saturated carbocycles. The Kier molecular flexibility index (Phi) is 4.89. The molecule has 1 aromatic carbocycles. The van der Waals surface area contributed by atoms with Crippen LogP contribution in [0.15, 0.2) is 28.7 Å². The number of carbonyl (C=O) groups excluding carboxylic acids is 3. The molecule has 3 rings (SSSR count). The van der Waals surface area contributed by atoms with Gasteiger partial charge in [-0.25, -0.2) is 0 Å². The van der Waals surface area contributed by atoms with Gasteiger partial charge in [0.15, 0.2) is 0 Å². The number of rotatable bonds is 3. The van der Waals surface area contributed by atoms with Crippen molar-refractivity contribution in [1.82, 2.24) is 4.90 Å². The summed E-state index contributed by atoms with van der Waals surface area (Å²) >= 11 is 3.37. The maximum atomic E-state index is 12.7. The number of amides is 3. The van der Waals surface area contributed by atoms with Gasteiger partial charge in [-0.05, 0) is 37.1 Å². The molecular formula is C17H20BrN3O3. The molecule has 0 aliphatic carbocycles. The molecule has 24 heavy (non-hydrogen) atoms. The summed E-state index contributed by atoms with van der Waals surface area (Å²) in [6, 6.07) is 7.50. The van der Waals surface area contributed by atoms with E-state index in [1.54, 1.807) is 9.80 Å². The van der Waals surface area contributed by atoms with Crippen molar-refractivity contribution in [3.63, 3.8) is 0 Å². The molecule has 128 valence electrons. The molecule has 2 aliphatic heterocycles. The molecule has 7 heteroatoms. The number of halogens is 1. The number of carbonyl (C=O) groups is 3. The van der Waals surface area contributed by atoms with Crippen LogP contribution in [0.4, 0.5) is 5.69 Å². The number of nitrogens with zero attached hydrogens (tertiary/aromatic N) is 2. The van der Waals surface area contributed by atoms with E-state index < -0.39 is 0 Å². The van der Waals surface area contributed by atoms with Crippen LogP contribution >= 0.6 is 15.9 Å². The Morgan fingerprint density at radius 2 is 1.71 bits per heavy atom. The second kappa shape index (κ2) is 6.93. The first-order chi connectivity index (χ1) is 11.5. The summed E-state index contributed by atoms with van der Waals surface area (Å²) in [5, 5.41) is 0. The summed E-state index contributed by atoms with van der Waals surface area (Å²) < 4.78 is 0.947. The number of nitrogens with two attached hydrogens (primary N) is 1. The minimum atomic E-state index is -0.314. The normalized spacial score (nSPS) is 22.0. The van der Waals surface area contributed by atoms with Crippen LogP contribution in [-0.4, -0.2) is 42.3 Å². The maximum absolute atomic E-state index is 12.7. The standard InChI is InChI=1S/C17H20BrN3O3/c18-13-1-3-14(4-2-13)21-10-12(9-15(21)22)17(24)20-7-5-11(6-8-20)16(19)23/h1-4,11-12H,5-10H2,(H2,19,23)/t12-/m1/s1. The zero-order chi connectivity index (χ0) is 17.3. The first-order valence-corrected chi connectivity index (χ1v) is 8.89. The van der Waals surface area contributed by atoms with Crippen LogP contribution < -0.4 is 10.6 Å². The van der Waals surface area contributed by atoms with Crippen molar-refractivity contribution >= 4 is 39.3 Å². The van der Waals surface area contributed by atoms with Gasteiger partial charge in [-0.2, -0.15) is 0 Å². The van der Waals surface area contributed by atoms with E-state index >= 15 is 0 Å². The summed E-state index contributed by atoms with van der Waals surface area (Å²) in [7, 11) is 0. The molecular weight excluding hydrogens is 374 g/mol. The summed E-state index contributed by atoms with van der Waals surface area (Å²) in [5.41, 5.74) is 6.14. The van der Waals surface area contributed by atoms with Crippen LogP contribution in [0.1, 0.15) is 19.3 Å². The summed E-state index contributed by atoms with van der Waals surface area (Å²) in [6.07, 6.45) is 1.46. The maximum Gasteiger partial charge on any atom is 0.228 e. The molecule has 2 fully saturated rings. The van der Waals surface area contributed by atoms with Crippen molar-refractivity contribution in [2.24, 2.45) is 17.6 Å². The molecule has 2 saturated heterocycles. The lowest BCUT2D eigenvalue weighted by molar-refractivity contribution is -0.138. The van der Waals surface area contributed by atoms with Gasteiger partial charge in [0.1, 0.15) is 0 Å². The van der Waals surface area contributed by atoms with Crippen molar-refractivity contribution in [3.05, 3.63) is 28.7 Å². The van der Waals surface area contributed by atoms with E-state index in [4.69, 9.17) is 5.73 Å². The van der Waals surface area contributed by atoms with Crippen LogP contribution in [0.5, 0.6) is 0 Å². The van der Waals surface area contributed by atoms with Crippen LogP contribution in [0.3, 0.4) is 0 Å². The smallest absolute Gasteiger partial charge is 0.228 e. The van der Waals surface area contributed by atoms with Gasteiger partial charge < -0.3 is 15.5 Å². The third-order valence-electron chi connectivity index (χ3n) is 4.82. The van der Waals surface area contributed by atoms with Crippen LogP contribution in [0.2, 0.25) is 0 Å². The average Bonchev–Trinajstić information content (AvgIpc) is 2.97. The number of anilines is 1. The molecule has 0 unspecified atom stereocenters. The number of hydrogen-bond donors (Lipinski definition) is 1. The SMILES string of the molecule is NC(=O)C1CCN(C(=O)[C@@H]2CC(=O)N(c3ccc(Br)cc3)C2)CC1. The van der Waals surface area contributed by atoms with Gasteiger partial charge in [0, 0.05) is 42.1 Å². The Morgan fingerprint density at radius 3 is 2.29 bits per heavy atom. The largest absolute Gasteiger partial charge is 0.369 e. The number of likely N-dealkylation sites (tertiary alicyclic amines) is 1. The molecule has 6 nitrogen and oxygen atoms in total. The molecule has 0 aromatic heterocycles. The van der Waals surface area contributed by atoms with Crippen molar-refractivity contribution in [3.8, 4) is 0 Å². The van der Waals surface area contributed by atoms with E-state index in [1.807, 2.05) is 24.3 Å². The lowest BCUT2D eigenvalue weighted by Crippen LogP contribution is -2.44. The predicted octanol–water partition coefficient (Wildman–Crippen LogP) is 1.53. The van der Waals surface area contributed by atoms with Crippen LogP contribution in [-0.2, 0) is 14.4 Å². The highest BCUT2D eigenvalue weighted by molar-refractivity contribution is 9.10. The van der Waals surface area contributed by atoms with E-state index in [2.05, 4.69) is 15.9 Å². The fourth-order valence-electron chi connectivity index (χ4n) is 3.39. The highest BCUT2D eigenvalue weighted by Crippen LogP contribution is 2.28. The van der Waals surface area contributed by atoms with Gasteiger partial charge in [0.05, 0.1) is 5.92 Å². The molecule has 0 bridgehead atoms. The van der Waals surface area contributed by atoms with Crippen molar-refractivity contribution in [2.45, 2.75) is 19.3 Å². The van der Waals surface area contributed by atoms with Gasteiger partial charge >= 0.3 is 0 Å². The molecule has 1 atom stereocenters. The average molecular weight is 394 g/mol. The van der Waals surface area contributed by atoms with Gasteiger partial charge in [0.2, 0.25) is 17.7 Å². The topological polar surface area (TPSA) is 83.7 Å². The number of benzene rings is 1. The Bertz CT molecular complexity index is 654. The second-order valence-electron chi connectivity index (χ2n) is 6.38. The minimum absolute atomic E-state index is 0.00545. The second-order valence-corrected chi connectivity index (χ2v) is 7.30. The quantitative estimate of drug-likeness (QED) is 0.844. The summed E-state index contributed by atoms with van der Waals surface area (Å²) in [5.74, 6) is -0.766.